The molecule has 0 aliphatic rings. The highest BCUT2D eigenvalue weighted by Crippen LogP contribution is 2.41. The molecule has 5 aromatic rings. The standard InChI is InChI=1S/C32H12BF24.C6H6I/c34-25(35,36)13-1-14(26(37,38)39)6-21(5-13)33(22-7-15(27(40,41)42)2-16(8-22)28(43,44)45,23-9-17(29(46,47)48)3-18(10-23)30(49,50)51)24-11-19(31(52,53)54)4-20(12-24)32(55,56)57;7-6-4-2-1-3-5-6/h1-12H;1-5,7H/q-1;+1. The first-order valence-electron chi connectivity index (χ1n) is 16.7. The highest BCUT2D eigenvalue weighted by molar-refractivity contribution is 7.20. The molecule has 26 heteroatoms. The van der Waals surface area contributed by atoms with Crippen LogP contribution in [-0.4, -0.2) is 6.15 Å². The Morgan fingerprint density at radius 3 is 0.516 bits per heavy atom. The number of halogens is 25. The molecule has 0 unspecified atom stereocenters. The van der Waals surface area contributed by atoms with Crippen molar-refractivity contribution in [3.63, 3.8) is 0 Å². The van der Waals surface area contributed by atoms with Crippen molar-refractivity contribution >= 4 is 28.0 Å². The molecule has 0 bridgehead atoms. The topological polar surface area (TPSA) is 0 Å². The number of hydrogen-bond acceptors (Lipinski definition) is 0. The predicted molar refractivity (Wildman–Crippen MR) is 177 cm³/mol. The van der Waals surface area contributed by atoms with Crippen LogP contribution in [0.3, 0.4) is 0 Å². The molecular weight excluding hydrogens is 1050 g/mol. The van der Waals surface area contributed by atoms with Crippen molar-refractivity contribution in [2.45, 2.75) is 49.4 Å². The maximum atomic E-state index is 14.2. The molecule has 0 fully saturated rings. The van der Waals surface area contributed by atoms with Crippen molar-refractivity contribution in [1.82, 2.24) is 0 Å². The third kappa shape index (κ3) is 11.9. The van der Waals surface area contributed by atoms with Crippen molar-refractivity contribution in [2.24, 2.45) is 0 Å². The summed E-state index contributed by atoms with van der Waals surface area (Å²) in [5, 5.41) is 0. The smallest absolute Gasteiger partial charge is 0.194 e. The van der Waals surface area contributed by atoms with E-state index in [0.29, 0.717) is 0 Å². The van der Waals surface area contributed by atoms with Crippen molar-refractivity contribution < 1.29 is 128 Å². The number of alkyl halides is 24. The number of rotatable bonds is 4. The fourth-order valence-electron chi connectivity index (χ4n) is 6.49. The number of hydrogen-bond donors (Lipinski definition) is 0. The quantitative estimate of drug-likeness (QED) is 0.0958. The predicted octanol–water partition coefficient (Wildman–Crippen LogP) is 9.36. The zero-order valence-electron chi connectivity index (χ0n) is 30.4. The Bertz CT molecular complexity index is 2010. The second kappa shape index (κ2) is 17.2. The van der Waals surface area contributed by atoms with Crippen LogP contribution in [0.2, 0.25) is 0 Å². The Hall–Kier alpha value is -4.79. The Kier molecular flexibility index (Phi) is 13.9. The molecule has 0 amide bonds. The first-order valence-corrected chi connectivity index (χ1v) is 17.9. The molecule has 5 aromatic carbocycles. The zero-order chi connectivity index (χ0) is 49.0. The van der Waals surface area contributed by atoms with Crippen LogP contribution >= 0.6 is 0 Å². The van der Waals surface area contributed by atoms with Gasteiger partial charge >= 0.3 is 49.4 Å². The van der Waals surface area contributed by atoms with Crippen molar-refractivity contribution in [1.29, 1.82) is 0 Å². The monoisotopic (exact) mass is 1070 g/mol. The third-order valence-corrected chi connectivity index (χ3v) is 9.96. The summed E-state index contributed by atoms with van der Waals surface area (Å²) < 4.78 is 342. The van der Waals surface area contributed by atoms with E-state index in [-0.39, 0.29) is 0 Å². The van der Waals surface area contributed by atoms with Crippen LogP contribution in [0, 0.1) is 3.57 Å². The van der Waals surface area contributed by atoms with Gasteiger partial charge in [0.25, 0.3) is 22.6 Å². The van der Waals surface area contributed by atoms with E-state index in [9.17, 15) is 105 Å². The minimum atomic E-state index is -6.13. The maximum Gasteiger partial charge on any atom is 0.416 e. The summed E-state index contributed by atoms with van der Waals surface area (Å²) in [6, 6.07) is 1.47. The molecule has 5 rings (SSSR count). The van der Waals surface area contributed by atoms with Gasteiger partial charge in [-0.3, -0.25) is 0 Å². The molecule has 0 nitrogen and oxygen atoms in total. The van der Waals surface area contributed by atoms with E-state index in [4.69, 9.17) is 0 Å². The highest BCUT2D eigenvalue weighted by atomic mass is 127. The van der Waals surface area contributed by atoms with Gasteiger partial charge in [-0.05, 0) is 36.4 Å². The van der Waals surface area contributed by atoms with Gasteiger partial charge in [-0.25, -0.2) is 0 Å². The molecular formula is C38H18BF24I. The minimum absolute atomic E-state index is 0.691. The lowest BCUT2D eigenvalue weighted by Gasteiger charge is -2.46. The van der Waals surface area contributed by atoms with E-state index < -0.39 is 195 Å². The van der Waals surface area contributed by atoms with E-state index in [1.54, 1.807) is 0 Å². The average molecular weight is 1070 g/mol. The summed E-state index contributed by atoms with van der Waals surface area (Å²) in [6.45, 7) is 0. The van der Waals surface area contributed by atoms with Crippen LogP contribution in [0.25, 0.3) is 0 Å². The molecule has 0 spiro atoms. The lowest BCUT2D eigenvalue weighted by Crippen LogP contribution is -3.34. The van der Waals surface area contributed by atoms with Crippen LogP contribution in [0.4, 0.5) is 105 Å². The van der Waals surface area contributed by atoms with E-state index in [1.165, 1.54) is 3.57 Å². The van der Waals surface area contributed by atoms with Gasteiger partial charge in [-0.2, -0.15) is 127 Å². The Labute approximate surface area is 355 Å². The molecule has 0 saturated carbocycles. The van der Waals surface area contributed by atoms with Crippen molar-refractivity contribution in [3.05, 3.63) is 151 Å². The van der Waals surface area contributed by atoms with Crippen LogP contribution in [0.5, 0.6) is 0 Å². The fraction of sp³-hybridized carbons (Fsp3) is 0.211. The summed E-state index contributed by atoms with van der Waals surface area (Å²) in [7, 11) is 0. The Morgan fingerprint density at radius 1 is 0.250 bits per heavy atom. The van der Waals surface area contributed by atoms with Gasteiger partial charge in [0.2, 0.25) is 0 Å². The van der Waals surface area contributed by atoms with Crippen LogP contribution in [-0.2, 0) is 49.4 Å². The second-order valence-corrected chi connectivity index (χ2v) is 14.9. The molecule has 0 aliphatic heterocycles. The van der Waals surface area contributed by atoms with Gasteiger partial charge in [0.15, 0.2) is 3.57 Å². The number of benzene rings is 5. The summed E-state index contributed by atoms with van der Waals surface area (Å²) >= 11 is 2.02. The van der Waals surface area contributed by atoms with E-state index in [2.05, 4.69) is 12.1 Å². The van der Waals surface area contributed by atoms with Gasteiger partial charge in [0.05, 0.1) is 44.5 Å². The van der Waals surface area contributed by atoms with Gasteiger partial charge in [-0.1, -0.05) is 66.7 Å². The summed E-state index contributed by atoms with van der Waals surface area (Å²) in [5.41, 5.74) is -30.2. The van der Waals surface area contributed by atoms with E-state index in [0.717, 1.165) is 0 Å². The normalized spacial score (nSPS) is 13.7. The molecule has 0 atom stereocenters. The zero-order valence-corrected chi connectivity index (χ0v) is 32.7. The van der Waals surface area contributed by atoms with E-state index in [1.807, 2.05) is 40.8 Å². The van der Waals surface area contributed by atoms with Crippen LogP contribution in [0.15, 0.2) is 103 Å². The van der Waals surface area contributed by atoms with Gasteiger partial charge < -0.3 is 0 Å². The maximum absolute atomic E-state index is 14.2. The largest absolute Gasteiger partial charge is 0.416 e. The highest BCUT2D eigenvalue weighted by Gasteiger charge is 2.47. The summed E-state index contributed by atoms with van der Waals surface area (Å²) in [5.74, 6) is 0. The van der Waals surface area contributed by atoms with Gasteiger partial charge in [0, 0.05) is 0 Å². The molecule has 0 aromatic heterocycles. The SMILES string of the molecule is FC(F)(F)c1cc([B-](c2cc(C(F)(F)F)cc(C(F)(F)F)c2)(c2cc(C(F)(F)F)cc(C(F)(F)F)c2)c2cc(C(F)(F)F)cc(C(F)(F)F)c2)cc(C(F)(F)F)c1.[IH+]c1ccccc1. The molecule has 64 heavy (non-hydrogen) atoms. The first-order chi connectivity index (χ1) is 28.7. The van der Waals surface area contributed by atoms with Crippen LogP contribution in [0.1, 0.15) is 44.5 Å². The summed E-state index contributed by atoms with van der Waals surface area (Å²) in [4.78, 5) is 0. The van der Waals surface area contributed by atoms with Crippen molar-refractivity contribution in [3.8, 4) is 0 Å². The first kappa shape index (κ1) is 51.8. The fourth-order valence-corrected chi connectivity index (χ4v) is 6.94. The average Bonchev–Trinajstić information content (AvgIpc) is 3.12. The van der Waals surface area contributed by atoms with Gasteiger partial charge in [0.1, 0.15) is 6.15 Å². The van der Waals surface area contributed by atoms with Gasteiger partial charge in [-0.15, -0.1) is 0 Å². The second-order valence-electron chi connectivity index (χ2n) is 13.5. The molecule has 0 heterocycles. The van der Waals surface area contributed by atoms with E-state index >= 15 is 0 Å². The Morgan fingerprint density at radius 2 is 0.406 bits per heavy atom. The molecule has 0 saturated heterocycles. The molecule has 348 valence electrons. The molecule has 0 radical (unpaired) electrons. The lowest BCUT2D eigenvalue weighted by atomic mass is 9.12. The third-order valence-electron chi connectivity index (χ3n) is 9.18. The molecule has 0 N–H and O–H groups in total. The minimum Gasteiger partial charge on any atom is -0.194 e. The van der Waals surface area contributed by atoms with Crippen LogP contribution < -0.4 is 44.4 Å². The van der Waals surface area contributed by atoms with Crippen molar-refractivity contribution in [2.75, 3.05) is 0 Å². The summed E-state index contributed by atoms with van der Waals surface area (Å²) in [6.07, 6.45) is -54.8. The lowest BCUT2D eigenvalue weighted by molar-refractivity contribution is -0.328. The Balaban J connectivity index is 0.00000117. The molecule has 0 aliphatic carbocycles.